The molecule has 4 bridgehead atoms. The molecule has 5 rings (SSSR count). The van der Waals surface area contributed by atoms with Crippen molar-refractivity contribution in [2.45, 2.75) is 84.5 Å². The summed E-state index contributed by atoms with van der Waals surface area (Å²) in [5.74, 6) is 1.56. The van der Waals surface area contributed by atoms with Crippen molar-refractivity contribution in [1.29, 1.82) is 0 Å². The van der Waals surface area contributed by atoms with E-state index < -0.39 is 24.1 Å². The fourth-order valence-electron chi connectivity index (χ4n) is 9.50. The molecule has 6 nitrogen and oxygen atoms in total. The first-order chi connectivity index (χ1) is 15.8. The lowest BCUT2D eigenvalue weighted by molar-refractivity contribution is -0.198. The van der Waals surface area contributed by atoms with Crippen LogP contribution in [0, 0.1) is 65.1 Å². The highest BCUT2D eigenvalue weighted by molar-refractivity contribution is 5.81. The molecule has 33 heavy (non-hydrogen) atoms. The van der Waals surface area contributed by atoms with Gasteiger partial charge >= 0.3 is 11.9 Å². The second-order valence-electron chi connectivity index (χ2n) is 12.0. The molecule has 0 aromatic rings. The number of aliphatic hydroxyl groups excluding tert-OH is 1. The fraction of sp³-hybridized carbons (Fsp3) is 0.926. The Morgan fingerprint density at radius 1 is 0.970 bits per heavy atom. The Bertz CT molecular complexity index is 747. The van der Waals surface area contributed by atoms with Crippen molar-refractivity contribution in [3.05, 3.63) is 0 Å². The number of aliphatic carboxylic acids is 1. The largest absolute Gasteiger partial charge is 0.481 e. The molecule has 5 aliphatic rings. The maximum Gasteiger partial charge on any atom is 0.312 e. The first-order valence-corrected chi connectivity index (χ1v) is 13.5. The number of carbonyl (C=O) groups excluding carboxylic acids is 1. The summed E-state index contributed by atoms with van der Waals surface area (Å²) in [6.07, 6.45) is 8.44. The van der Waals surface area contributed by atoms with Crippen molar-refractivity contribution in [3.63, 3.8) is 0 Å². The lowest BCUT2D eigenvalue weighted by Gasteiger charge is -2.46. The van der Waals surface area contributed by atoms with Crippen molar-refractivity contribution in [2.24, 2.45) is 65.1 Å². The second kappa shape index (κ2) is 9.14. The van der Waals surface area contributed by atoms with Gasteiger partial charge in [-0.15, -0.1) is 0 Å². The molecule has 0 heterocycles. The second-order valence-corrected chi connectivity index (χ2v) is 12.0. The molecule has 0 radical (unpaired) electrons. The van der Waals surface area contributed by atoms with Gasteiger partial charge in [-0.1, -0.05) is 33.1 Å². The van der Waals surface area contributed by atoms with Crippen LogP contribution in [0.15, 0.2) is 0 Å². The van der Waals surface area contributed by atoms with Crippen LogP contribution in [0.3, 0.4) is 0 Å². The first kappa shape index (κ1) is 23.6. The van der Waals surface area contributed by atoms with Gasteiger partial charge in [0.05, 0.1) is 17.9 Å². The molecule has 12 atom stereocenters. The smallest absolute Gasteiger partial charge is 0.312 e. The summed E-state index contributed by atoms with van der Waals surface area (Å²) in [6, 6.07) is 0. The number of hydrogen-bond donors (Lipinski definition) is 2. The molecule has 5 saturated carbocycles. The van der Waals surface area contributed by atoms with Crippen LogP contribution in [-0.4, -0.2) is 41.2 Å². The standard InChI is InChI=1S/C27H42O6/c1-13-19-11-21(24-16-9-17(12-28)20(10-16)25(19)24)22(13)23(14(2)26(29)30)27(31)33-15(3)32-18-7-5-4-6-8-18/h13-25,28H,4-12H2,1-3H3,(H,29,30). The Hall–Kier alpha value is -1.14. The van der Waals surface area contributed by atoms with E-state index in [1.54, 1.807) is 13.8 Å². The summed E-state index contributed by atoms with van der Waals surface area (Å²) in [5.41, 5.74) is 0. The molecule has 0 spiro atoms. The number of hydrogen-bond acceptors (Lipinski definition) is 5. The molecule has 0 amide bonds. The Labute approximate surface area is 197 Å². The Morgan fingerprint density at radius 3 is 2.36 bits per heavy atom. The highest BCUT2D eigenvalue weighted by atomic mass is 16.7. The van der Waals surface area contributed by atoms with Crippen LogP contribution in [0.4, 0.5) is 0 Å². The average Bonchev–Trinajstić information content (AvgIpc) is 3.53. The summed E-state index contributed by atoms with van der Waals surface area (Å²) < 4.78 is 11.8. The fourth-order valence-corrected chi connectivity index (χ4v) is 9.50. The molecule has 6 heteroatoms. The van der Waals surface area contributed by atoms with Crippen LogP contribution in [0.5, 0.6) is 0 Å². The quantitative estimate of drug-likeness (QED) is 0.317. The highest BCUT2D eigenvalue weighted by Gasteiger charge is 2.68. The van der Waals surface area contributed by atoms with E-state index in [0.29, 0.717) is 54.0 Å². The number of carbonyl (C=O) groups is 2. The SMILES string of the molecule is CC(OC(=O)C(C(C)C(=O)O)C1C(C)C2CC1C1C3CC(CO)C(C3)C21)OC1CCCCC1. The predicted octanol–water partition coefficient (Wildman–Crippen LogP) is 4.34. The van der Waals surface area contributed by atoms with Crippen LogP contribution in [-0.2, 0) is 19.1 Å². The monoisotopic (exact) mass is 462 g/mol. The maximum atomic E-state index is 13.5. The number of aliphatic hydroxyl groups is 1. The maximum absolute atomic E-state index is 13.5. The predicted molar refractivity (Wildman–Crippen MR) is 122 cm³/mol. The summed E-state index contributed by atoms with van der Waals surface area (Å²) in [6.45, 7) is 5.99. The third kappa shape index (κ3) is 3.93. The summed E-state index contributed by atoms with van der Waals surface area (Å²) in [7, 11) is 0. The van der Waals surface area contributed by atoms with Crippen molar-refractivity contribution in [2.75, 3.05) is 6.61 Å². The van der Waals surface area contributed by atoms with E-state index in [0.717, 1.165) is 38.5 Å². The van der Waals surface area contributed by atoms with Crippen LogP contribution < -0.4 is 0 Å². The zero-order chi connectivity index (χ0) is 23.4. The zero-order valence-corrected chi connectivity index (χ0v) is 20.4. The normalized spacial score (nSPS) is 44.4. The lowest BCUT2D eigenvalue weighted by Crippen LogP contribution is -2.47. The summed E-state index contributed by atoms with van der Waals surface area (Å²) in [5, 5.41) is 19.8. The molecule has 5 aliphatic carbocycles. The van der Waals surface area contributed by atoms with Gasteiger partial charge in [-0.05, 0) is 92.3 Å². The van der Waals surface area contributed by atoms with Crippen LogP contribution in [0.2, 0.25) is 0 Å². The van der Waals surface area contributed by atoms with Crippen LogP contribution in [0.1, 0.15) is 72.1 Å². The van der Waals surface area contributed by atoms with Gasteiger partial charge in [0, 0.05) is 6.61 Å². The van der Waals surface area contributed by atoms with E-state index >= 15 is 0 Å². The molecule has 0 aromatic heterocycles. The van der Waals surface area contributed by atoms with Gasteiger partial charge in [0.15, 0.2) is 6.29 Å². The van der Waals surface area contributed by atoms with E-state index in [2.05, 4.69) is 6.92 Å². The Morgan fingerprint density at radius 2 is 1.70 bits per heavy atom. The third-order valence-electron chi connectivity index (χ3n) is 10.6. The average molecular weight is 463 g/mol. The lowest BCUT2D eigenvalue weighted by atomic mass is 9.58. The number of fused-ring (bicyclic) bond motifs is 9. The zero-order valence-electron chi connectivity index (χ0n) is 20.4. The topological polar surface area (TPSA) is 93.1 Å². The molecule has 0 aliphatic heterocycles. The van der Waals surface area contributed by atoms with E-state index in [-0.39, 0.29) is 18.0 Å². The van der Waals surface area contributed by atoms with Gasteiger partial charge in [0.2, 0.25) is 0 Å². The van der Waals surface area contributed by atoms with Gasteiger partial charge in [-0.2, -0.15) is 0 Å². The van der Waals surface area contributed by atoms with Gasteiger partial charge in [0.25, 0.3) is 0 Å². The number of carboxylic acid groups (broad SMARTS) is 1. The van der Waals surface area contributed by atoms with Crippen molar-refractivity contribution in [3.8, 4) is 0 Å². The minimum Gasteiger partial charge on any atom is -0.481 e. The number of ether oxygens (including phenoxy) is 2. The van der Waals surface area contributed by atoms with Crippen molar-refractivity contribution in [1.82, 2.24) is 0 Å². The van der Waals surface area contributed by atoms with Gasteiger partial charge in [0.1, 0.15) is 0 Å². The first-order valence-electron chi connectivity index (χ1n) is 13.5. The van der Waals surface area contributed by atoms with Crippen molar-refractivity contribution >= 4 is 11.9 Å². The molecule has 186 valence electrons. The minimum absolute atomic E-state index is 0.0589. The van der Waals surface area contributed by atoms with E-state index in [1.165, 1.54) is 12.8 Å². The number of esters is 1. The van der Waals surface area contributed by atoms with E-state index in [9.17, 15) is 19.8 Å². The van der Waals surface area contributed by atoms with E-state index in [1.807, 2.05) is 0 Å². The Balaban J connectivity index is 1.32. The van der Waals surface area contributed by atoms with Gasteiger partial charge in [-0.25, -0.2) is 0 Å². The number of carboxylic acids is 1. The van der Waals surface area contributed by atoms with Crippen molar-refractivity contribution < 1.29 is 29.3 Å². The molecular formula is C27H42O6. The molecule has 12 unspecified atom stereocenters. The molecule has 0 saturated heterocycles. The number of rotatable bonds is 8. The molecule has 5 fully saturated rings. The third-order valence-corrected chi connectivity index (χ3v) is 10.6. The summed E-state index contributed by atoms with van der Waals surface area (Å²) in [4.78, 5) is 25.6. The molecular weight excluding hydrogens is 420 g/mol. The molecule has 2 N–H and O–H groups in total. The van der Waals surface area contributed by atoms with Gasteiger partial charge in [-0.3, -0.25) is 9.59 Å². The van der Waals surface area contributed by atoms with E-state index in [4.69, 9.17) is 9.47 Å². The Kier molecular flexibility index (Phi) is 6.54. The summed E-state index contributed by atoms with van der Waals surface area (Å²) >= 11 is 0. The van der Waals surface area contributed by atoms with Gasteiger partial charge < -0.3 is 19.7 Å². The molecule has 0 aromatic carbocycles. The minimum atomic E-state index is -0.919. The van der Waals surface area contributed by atoms with Crippen LogP contribution >= 0.6 is 0 Å². The highest BCUT2D eigenvalue weighted by Crippen LogP contribution is 2.72. The van der Waals surface area contributed by atoms with Crippen LogP contribution in [0.25, 0.3) is 0 Å².